The summed E-state index contributed by atoms with van der Waals surface area (Å²) in [4.78, 5) is 53.1. The predicted octanol–water partition coefficient (Wildman–Crippen LogP) is 3.96. The van der Waals surface area contributed by atoms with Crippen molar-refractivity contribution in [1.82, 2.24) is 15.5 Å². The minimum Gasteiger partial charge on any atom is -0.444 e. The van der Waals surface area contributed by atoms with Crippen LogP contribution in [-0.4, -0.2) is 59.4 Å². The van der Waals surface area contributed by atoms with Gasteiger partial charge in [0.25, 0.3) is 0 Å². The fourth-order valence-corrected chi connectivity index (χ4v) is 5.94. The maximum atomic E-state index is 13.8. The van der Waals surface area contributed by atoms with Gasteiger partial charge in [-0.2, -0.15) is 0 Å². The van der Waals surface area contributed by atoms with Crippen LogP contribution in [0.2, 0.25) is 0 Å². The van der Waals surface area contributed by atoms with Crippen molar-refractivity contribution < 1.29 is 23.9 Å². The maximum absolute atomic E-state index is 13.8. The van der Waals surface area contributed by atoms with E-state index in [4.69, 9.17) is 4.74 Å². The van der Waals surface area contributed by atoms with E-state index in [1.54, 1.807) is 25.7 Å². The van der Waals surface area contributed by atoms with Gasteiger partial charge in [0.15, 0.2) is 0 Å². The van der Waals surface area contributed by atoms with E-state index in [2.05, 4.69) is 24.5 Å². The molecular formula is C27H45N3O5. The number of hydrogen-bond donors (Lipinski definition) is 2. The van der Waals surface area contributed by atoms with E-state index >= 15 is 0 Å². The van der Waals surface area contributed by atoms with Crippen LogP contribution in [0.5, 0.6) is 0 Å². The summed E-state index contributed by atoms with van der Waals surface area (Å²) in [5.74, 6) is -0.187. The van der Waals surface area contributed by atoms with Crippen LogP contribution in [0.4, 0.5) is 4.79 Å². The number of amides is 3. The minimum atomic E-state index is -0.738. The van der Waals surface area contributed by atoms with Crippen LogP contribution >= 0.6 is 0 Å². The molecule has 1 unspecified atom stereocenters. The van der Waals surface area contributed by atoms with Gasteiger partial charge < -0.3 is 25.1 Å². The Balaban J connectivity index is 1.81. The number of aldehydes is 1. The van der Waals surface area contributed by atoms with Gasteiger partial charge >= 0.3 is 6.09 Å². The monoisotopic (exact) mass is 491 g/mol. The number of carbonyl (C=O) groups is 4. The molecule has 0 bridgehead atoms. The number of carbonyl (C=O) groups excluding carboxylic acids is 4. The highest BCUT2D eigenvalue weighted by atomic mass is 16.6. The van der Waals surface area contributed by atoms with Gasteiger partial charge in [0.2, 0.25) is 11.8 Å². The van der Waals surface area contributed by atoms with Crippen LogP contribution in [0.3, 0.4) is 0 Å². The molecule has 8 heteroatoms. The Morgan fingerprint density at radius 1 is 1.03 bits per heavy atom. The van der Waals surface area contributed by atoms with Crippen LogP contribution in [0.25, 0.3) is 0 Å². The summed E-state index contributed by atoms with van der Waals surface area (Å²) in [6.07, 6.45) is 9.59. The quantitative estimate of drug-likeness (QED) is 0.569. The lowest BCUT2D eigenvalue weighted by Crippen LogP contribution is -2.57. The molecule has 0 aromatic rings. The number of rotatable bonds is 2. The number of hydrogen-bond acceptors (Lipinski definition) is 5. The fraction of sp³-hybridized carbons (Fsp3) is 0.852. The molecule has 0 spiro atoms. The fourth-order valence-electron chi connectivity index (χ4n) is 5.94. The molecule has 5 atom stereocenters. The Hall–Kier alpha value is -2.12. The smallest absolute Gasteiger partial charge is 0.408 e. The first-order chi connectivity index (χ1) is 16.5. The van der Waals surface area contributed by atoms with Crippen molar-refractivity contribution in [2.75, 3.05) is 6.54 Å². The Morgan fingerprint density at radius 2 is 1.60 bits per heavy atom. The van der Waals surface area contributed by atoms with E-state index < -0.39 is 29.8 Å². The number of ether oxygens (including phenoxy) is 1. The zero-order valence-electron chi connectivity index (χ0n) is 22.2. The van der Waals surface area contributed by atoms with E-state index in [0.29, 0.717) is 19.4 Å². The molecule has 2 N–H and O–H groups in total. The van der Waals surface area contributed by atoms with Gasteiger partial charge in [0.05, 0.1) is 6.04 Å². The van der Waals surface area contributed by atoms with Crippen molar-refractivity contribution in [2.45, 2.75) is 123 Å². The Morgan fingerprint density at radius 3 is 2.17 bits per heavy atom. The van der Waals surface area contributed by atoms with E-state index in [-0.39, 0.29) is 29.1 Å². The molecule has 3 rings (SSSR count). The topological polar surface area (TPSA) is 105 Å². The third-order valence-corrected chi connectivity index (χ3v) is 8.00. The molecule has 3 fully saturated rings. The van der Waals surface area contributed by atoms with Gasteiger partial charge in [-0.1, -0.05) is 65.2 Å². The zero-order valence-corrected chi connectivity index (χ0v) is 22.2. The van der Waals surface area contributed by atoms with Gasteiger partial charge in [-0.15, -0.1) is 0 Å². The average Bonchev–Trinajstić information content (AvgIpc) is 3.09. The Labute approximate surface area is 210 Å². The maximum Gasteiger partial charge on any atom is 0.408 e. The molecular weight excluding hydrogens is 446 g/mol. The molecule has 0 aromatic heterocycles. The second-order valence-corrected chi connectivity index (χ2v) is 12.2. The molecule has 1 aliphatic carbocycles. The van der Waals surface area contributed by atoms with E-state index in [0.717, 1.165) is 57.7 Å². The Bertz CT molecular complexity index is 790. The highest BCUT2D eigenvalue weighted by molar-refractivity contribution is 5.93. The van der Waals surface area contributed by atoms with Gasteiger partial charge in [0.1, 0.15) is 24.0 Å². The minimum absolute atomic E-state index is 0.0255. The van der Waals surface area contributed by atoms with Crippen LogP contribution in [-0.2, 0) is 19.1 Å². The first-order valence-electron chi connectivity index (χ1n) is 13.5. The molecule has 2 saturated heterocycles. The zero-order chi connectivity index (χ0) is 25.8. The van der Waals surface area contributed by atoms with Crippen molar-refractivity contribution >= 4 is 24.2 Å². The second-order valence-electron chi connectivity index (χ2n) is 12.2. The molecule has 0 radical (unpaired) electrons. The third kappa shape index (κ3) is 6.98. The number of fused-ring (bicyclic) bond motifs is 3. The SMILES string of the molecule is CC(C)(C)OC(=O)N[C@H]1CCCCCCCCCC[C@@H](C=O)NC(=O)[C@@H]2[C@@H]3C(CN2C1=O)C3(C)C. The molecule has 2 aliphatic heterocycles. The van der Waals surface area contributed by atoms with Crippen LogP contribution in [0, 0.1) is 17.3 Å². The molecule has 8 nitrogen and oxygen atoms in total. The molecule has 198 valence electrons. The summed E-state index contributed by atoms with van der Waals surface area (Å²) in [6.45, 7) is 10.1. The number of nitrogens with zero attached hydrogens (tertiary/aromatic N) is 1. The first kappa shape index (κ1) is 27.5. The van der Waals surface area contributed by atoms with E-state index in [1.807, 2.05) is 0 Å². The summed E-state index contributed by atoms with van der Waals surface area (Å²) in [5, 5.41) is 5.72. The molecule has 3 amide bonds. The standard InChI is InChI=1S/C27H45N3O5/c1-26(2,3)35-25(34)29-20-15-13-11-9-7-6-8-10-12-14-18(17-31)28-23(32)22-21-19(27(21,4)5)16-30(22)24(20)33/h17-22H,6-16H2,1-5H3,(H,28,32)(H,29,34)/t18-,19?,20-,21-,22-/m0/s1. The number of alkyl carbamates (subject to hydrolysis) is 1. The van der Waals surface area contributed by atoms with Gasteiger partial charge in [-0.3, -0.25) is 9.59 Å². The molecule has 1 saturated carbocycles. The first-order valence-corrected chi connectivity index (χ1v) is 13.5. The summed E-state index contributed by atoms with van der Waals surface area (Å²) in [6, 6.07) is -1.89. The molecule has 2 heterocycles. The van der Waals surface area contributed by atoms with Gasteiger partial charge in [-0.25, -0.2) is 4.79 Å². The van der Waals surface area contributed by atoms with Crippen LogP contribution in [0.1, 0.15) is 98.8 Å². The normalized spacial score (nSPS) is 32.5. The summed E-state index contributed by atoms with van der Waals surface area (Å²) < 4.78 is 5.43. The van der Waals surface area contributed by atoms with Crippen molar-refractivity contribution in [2.24, 2.45) is 17.3 Å². The molecule has 0 aromatic carbocycles. The van der Waals surface area contributed by atoms with Crippen molar-refractivity contribution in [3.05, 3.63) is 0 Å². The van der Waals surface area contributed by atoms with Crippen LogP contribution < -0.4 is 10.6 Å². The highest BCUT2D eigenvalue weighted by Crippen LogP contribution is 2.64. The van der Waals surface area contributed by atoms with E-state index in [1.165, 1.54) is 0 Å². The number of nitrogens with one attached hydrogen (secondary N) is 2. The third-order valence-electron chi connectivity index (χ3n) is 8.00. The highest BCUT2D eigenvalue weighted by Gasteiger charge is 2.69. The average molecular weight is 492 g/mol. The Kier molecular flexibility index (Phi) is 8.86. The lowest BCUT2D eigenvalue weighted by molar-refractivity contribution is -0.142. The lowest BCUT2D eigenvalue weighted by Gasteiger charge is -2.34. The van der Waals surface area contributed by atoms with E-state index in [9.17, 15) is 19.2 Å². The second kappa shape index (κ2) is 11.3. The van der Waals surface area contributed by atoms with Gasteiger partial charge in [0, 0.05) is 6.54 Å². The largest absolute Gasteiger partial charge is 0.444 e. The van der Waals surface area contributed by atoms with Crippen molar-refractivity contribution in [3.8, 4) is 0 Å². The van der Waals surface area contributed by atoms with Gasteiger partial charge in [-0.05, 0) is 50.9 Å². The molecule has 35 heavy (non-hydrogen) atoms. The van der Waals surface area contributed by atoms with Crippen molar-refractivity contribution in [1.29, 1.82) is 0 Å². The van der Waals surface area contributed by atoms with Crippen molar-refractivity contribution in [3.63, 3.8) is 0 Å². The van der Waals surface area contributed by atoms with Crippen LogP contribution in [0.15, 0.2) is 0 Å². The summed E-state index contributed by atoms with van der Waals surface area (Å²) in [5.41, 5.74) is -0.697. The predicted molar refractivity (Wildman–Crippen MR) is 134 cm³/mol. The molecule has 3 aliphatic rings. The lowest BCUT2D eigenvalue weighted by atomic mass is 9.98. The number of piperidine rings is 1. The summed E-state index contributed by atoms with van der Waals surface area (Å²) >= 11 is 0. The summed E-state index contributed by atoms with van der Waals surface area (Å²) in [7, 11) is 0.